The van der Waals surface area contributed by atoms with Crippen LogP contribution in [0.2, 0.25) is 0 Å². The van der Waals surface area contributed by atoms with E-state index < -0.39 is 11.7 Å². The summed E-state index contributed by atoms with van der Waals surface area (Å²) in [6, 6.07) is 0. The quantitative estimate of drug-likeness (QED) is 0.407. The van der Waals surface area contributed by atoms with Gasteiger partial charge in [0.25, 0.3) is 0 Å². The van der Waals surface area contributed by atoms with Gasteiger partial charge in [0.1, 0.15) is 0 Å². The Morgan fingerprint density at radius 1 is 1.71 bits per heavy atom. The van der Waals surface area contributed by atoms with Crippen LogP contribution < -0.4 is 63.3 Å². The number of hydrogen-bond donors (Lipinski definition) is 1. The third-order valence-corrected chi connectivity index (χ3v) is 0.306. The first-order chi connectivity index (χ1) is 2.64. The molecule has 0 atom stereocenters. The van der Waals surface area contributed by atoms with Gasteiger partial charge in [0, 0.05) is 0 Å². The van der Waals surface area contributed by atoms with Crippen molar-refractivity contribution in [2.24, 2.45) is 0 Å². The van der Waals surface area contributed by atoms with E-state index in [4.69, 9.17) is 5.41 Å². The van der Waals surface area contributed by atoms with E-state index in [1.807, 2.05) is 0 Å². The minimum absolute atomic E-state index is 0. The van der Waals surface area contributed by atoms with Crippen LogP contribution in [-0.4, -0.2) is 11.7 Å². The molecule has 0 saturated heterocycles. The van der Waals surface area contributed by atoms with Crippen molar-refractivity contribution in [3.05, 3.63) is 0 Å². The SMILES string of the molecule is CC(=N)C(=O)[O-].[Rb+]. The van der Waals surface area contributed by atoms with Gasteiger partial charge < -0.3 is 15.3 Å². The fraction of sp³-hybridized carbons (Fsp3) is 0.333. The Bertz CT molecular complexity index is 78.9. The van der Waals surface area contributed by atoms with Crippen molar-refractivity contribution in [2.75, 3.05) is 0 Å². The fourth-order valence-electron chi connectivity index (χ4n) is 0. The number of carboxylic acids is 1. The van der Waals surface area contributed by atoms with Gasteiger partial charge in [0.05, 0.1) is 11.7 Å². The third kappa shape index (κ3) is 6.95. The molecule has 0 fully saturated rings. The van der Waals surface area contributed by atoms with Gasteiger partial charge in [0.2, 0.25) is 0 Å². The minimum Gasteiger partial charge on any atom is -0.544 e. The molecule has 34 valence electrons. The van der Waals surface area contributed by atoms with Crippen LogP contribution in [0.3, 0.4) is 0 Å². The van der Waals surface area contributed by atoms with Gasteiger partial charge in [-0.1, -0.05) is 0 Å². The van der Waals surface area contributed by atoms with E-state index >= 15 is 0 Å². The molecule has 0 radical (unpaired) electrons. The van der Waals surface area contributed by atoms with E-state index in [-0.39, 0.29) is 58.2 Å². The van der Waals surface area contributed by atoms with Crippen LogP contribution in [0.4, 0.5) is 0 Å². The summed E-state index contributed by atoms with van der Waals surface area (Å²) in [5.41, 5.74) is -0.435. The van der Waals surface area contributed by atoms with Crippen LogP contribution in [0.5, 0.6) is 0 Å². The first-order valence-electron chi connectivity index (χ1n) is 1.41. The molecule has 0 rings (SSSR count). The number of nitrogens with one attached hydrogen (secondary N) is 1. The monoisotopic (exact) mass is 171 g/mol. The Kier molecular flexibility index (Phi) is 7.88. The van der Waals surface area contributed by atoms with Crippen LogP contribution >= 0.6 is 0 Å². The van der Waals surface area contributed by atoms with E-state index in [2.05, 4.69) is 0 Å². The molecule has 0 saturated carbocycles. The summed E-state index contributed by atoms with van der Waals surface area (Å²) in [7, 11) is 0. The Balaban J connectivity index is 0. The van der Waals surface area contributed by atoms with Gasteiger partial charge >= 0.3 is 58.2 Å². The molecule has 3 nitrogen and oxygen atoms in total. The molecular formula is C3H4NO2Rb. The fourth-order valence-corrected chi connectivity index (χ4v) is 0. The number of carbonyl (C=O) groups is 1. The molecule has 0 aliphatic carbocycles. The summed E-state index contributed by atoms with van der Waals surface area (Å²) in [5, 5.41) is 15.7. The van der Waals surface area contributed by atoms with Crippen molar-refractivity contribution in [3.8, 4) is 0 Å². The van der Waals surface area contributed by atoms with Crippen LogP contribution in [0.25, 0.3) is 0 Å². The van der Waals surface area contributed by atoms with E-state index in [0.29, 0.717) is 0 Å². The maximum absolute atomic E-state index is 9.36. The molecule has 1 N–H and O–H groups in total. The zero-order valence-electron chi connectivity index (χ0n) is 4.32. The van der Waals surface area contributed by atoms with Crippen molar-refractivity contribution in [1.29, 1.82) is 5.41 Å². The number of hydrogen-bond acceptors (Lipinski definition) is 3. The normalized spacial score (nSPS) is 6.43. The molecule has 0 aromatic carbocycles. The molecule has 7 heavy (non-hydrogen) atoms. The van der Waals surface area contributed by atoms with Crippen molar-refractivity contribution in [2.45, 2.75) is 6.92 Å². The second-order valence-corrected chi connectivity index (χ2v) is 0.912. The molecule has 0 unspecified atom stereocenters. The van der Waals surface area contributed by atoms with Crippen molar-refractivity contribution in [3.63, 3.8) is 0 Å². The first kappa shape index (κ1) is 10.8. The van der Waals surface area contributed by atoms with Crippen molar-refractivity contribution in [1.82, 2.24) is 0 Å². The summed E-state index contributed by atoms with van der Waals surface area (Å²) in [6.45, 7) is 1.16. The van der Waals surface area contributed by atoms with Gasteiger partial charge in [-0.05, 0) is 6.92 Å². The zero-order valence-corrected chi connectivity index (χ0v) is 9.23. The Labute approximate surface area is 90.4 Å². The first-order valence-corrected chi connectivity index (χ1v) is 1.41. The summed E-state index contributed by atoms with van der Waals surface area (Å²) >= 11 is 0. The van der Waals surface area contributed by atoms with E-state index in [1.165, 1.54) is 0 Å². The molecule has 0 aliphatic rings. The Morgan fingerprint density at radius 2 is 1.86 bits per heavy atom. The minimum atomic E-state index is -1.41. The summed E-state index contributed by atoms with van der Waals surface area (Å²) in [6.07, 6.45) is 0. The molecule has 0 bridgehead atoms. The second kappa shape index (κ2) is 5.09. The number of carboxylic acid groups (broad SMARTS) is 1. The molecular weight excluding hydrogens is 168 g/mol. The predicted octanol–water partition coefficient (Wildman–Crippen LogP) is -4.22. The van der Waals surface area contributed by atoms with Gasteiger partial charge in [0.15, 0.2) is 0 Å². The Hall–Kier alpha value is 0.945. The van der Waals surface area contributed by atoms with Crippen LogP contribution in [0.1, 0.15) is 6.92 Å². The van der Waals surface area contributed by atoms with Gasteiger partial charge in [-0.2, -0.15) is 0 Å². The van der Waals surface area contributed by atoms with E-state index in [0.717, 1.165) is 6.92 Å². The number of rotatable bonds is 1. The summed E-state index contributed by atoms with van der Waals surface area (Å²) in [4.78, 5) is 9.36. The van der Waals surface area contributed by atoms with Gasteiger partial charge in [-0.25, -0.2) is 0 Å². The molecule has 0 spiro atoms. The molecule has 4 heteroatoms. The third-order valence-electron chi connectivity index (χ3n) is 0.306. The molecule has 0 aromatic rings. The number of aliphatic carboxylic acids is 1. The summed E-state index contributed by atoms with van der Waals surface area (Å²) < 4.78 is 0. The van der Waals surface area contributed by atoms with Gasteiger partial charge in [-0.15, -0.1) is 0 Å². The van der Waals surface area contributed by atoms with Crippen molar-refractivity contribution < 1.29 is 68.1 Å². The average Bonchev–Trinajstić information content (AvgIpc) is 1.36. The van der Waals surface area contributed by atoms with Crippen molar-refractivity contribution >= 4 is 11.7 Å². The molecule has 0 heterocycles. The Morgan fingerprint density at radius 3 is 1.86 bits per heavy atom. The van der Waals surface area contributed by atoms with Crippen LogP contribution in [0.15, 0.2) is 0 Å². The maximum Gasteiger partial charge on any atom is 1.00 e. The number of carbonyl (C=O) groups excluding carboxylic acids is 1. The van der Waals surface area contributed by atoms with Crippen LogP contribution in [-0.2, 0) is 4.79 Å². The molecule has 0 aliphatic heterocycles. The standard InChI is InChI=1S/C3H5NO2.Rb/c1-2(4)3(5)6;/h4H,1H3,(H,5,6);/q;+1/p-1. The zero-order chi connectivity index (χ0) is 5.15. The summed E-state index contributed by atoms with van der Waals surface area (Å²) in [5.74, 6) is -1.41. The van der Waals surface area contributed by atoms with E-state index in [9.17, 15) is 9.90 Å². The van der Waals surface area contributed by atoms with Crippen LogP contribution in [0, 0.1) is 5.41 Å². The largest absolute Gasteiger partial charge is 1.00 e. The maximum atomic E-state index is 9.36. The second-order valence-electron chi connectivity index (χ2n) is 0.912. The average molecular weight is 172 g/mol. The van der Waals surface area contributed by atoms with E-state index in [1.54, 1.807) is 0 Å². The topological polar surface area (TPSA) is 64.0 Å². The van der Waals surface area contributed by atoms with Gasteiger partial charge in [-0.3, -0.25) is 0 Å². The molecule has 0 amide bonds. The molecule has 0 aromatic heterocycles. The predicted molar refractivity (Wildman–Crippen MR) is 18.4 cm³/mol. The smallest absolute Gasteiger partial charge is 0.544 e.